The van der Waals surface area contributed by atoms with E-state index in [9.17, 15) is 4.79 Å². The van der Waals surface area contributed by atoms with Gasteiger partial charge in [0, 0.05) is 18.7 Å². The highest BCUT2D eigenvalue weighted by Crippen LogP contribution is 2.35. The minimum Gasteiger partial charge on any atom is -0.482 e. The SMILES string of the molecule is CC(CN1CCCC1)Nc1cc2c(cc1N)OCC(=O)N2. The third kappa shape index (κ3) is 3.21. The second-order valence-electron chi connectivity index (χ2n) is 5.83. The molecule has 0 spiro atoms. The molecule has 6 nitrogen and oxygen atoms in total. The lowest BCUT2D eigenvalue weighted by molar-refractivity contribution is -0.118. The number of hydrogen-bond donors (Lipinski definition) is 3. The van der Waals surface area contributed by atoms with Crippen molar-refractivity contribution in [2.24, 2.45) is 0 Å². The fourth-order valence-electron chi connectivity index (χ4n) is 2.93. The number of amides is 1. The van der Waals surface area contributed by atoms with Crippen molar-refractivity contribution in [2.45, 2.75) is 25.8 Å². The Morgan fingerprint density at radius 3 is 2.95 bits per heavy atom. The van der Waals surface area contributed by atoms with Gasteiger partial charge in [-0.1, -0.05) is 0 Å². The Morgan fingerprint density at radius 1 is 1.43 bits per heavy atom. The summed E-state index contributed by atoms with van der Waals surface area (Å²) < 4.78 is 5.36. The maximum atomic E-state index is 11.4. The summed E-state index contributed by atoms with van der Waals surface area (Å²) in [6.07, 6.45) is 2.58. The first kappa shape index (κ1) is 14.0. The zero-order valence-electron chi connectivity index (χ0n) is 12.3. The molecule has 0 saturated carbocycles. The molecule has 1 amide bonds. The normalized spacial score (nSPS) is 19.6. The van der Waals surface area contributed by atoms with Gasteiger partial charge in [0.15, 0.2) is 6.61 Å². The minimum absolute atomic E-state index is 0.0462. The summed E-state index contributed by atoms with van der Waals surface area (Å²) in [5.74, 6) is 0.494. The standard InChI is InChI=1S/C15H22N4O2/c1-10(8-19-4-2-3-5-19)17-12-7-13-14(6-11(12)16)21-9-15(20)18-13/h6-7,10,17H,2-5,8-9,16H2,1H3,(H,18,20). The Labute approximate surface area is 124 Å². The molecular weight excluding hydrogens is 268 g/mol. The smallest absolute Gasteiger partial charge is 0.262 e. The van der Waals surface area contributed by atoms with Crippen LogP contribution < -0.4 is 21.1 Å². The highest BCUT2D eigenvalue weighted by molar-refractivity contribution is 5.97. The van der Waals surface area contributed by atoms with Crippen molar-refractivity contribution in [2.75, 3.05) is 42.6 Å². The Bertz CT molecular complexity index is 541. The topological polar surface area (TPSA) is 79.6 Å². The van der Waals surface area contributed by atoms with E-state index in [0.717, 1.165) is 12.2 Å². The Hall–Kier alpha value is -1.95. The molecule has 1 saturated heterocycles. The first-order chi connectivity index (χ1) is 10.1. The number of nitrogens with one attached hydrogen (secondary N) is 2. The molecular formula is C15H22N4O2. The quantitative estimate of drug-likeness (QED) is 0.732. The van der Waals surface area contributed by atoms with E-state index in [-0.39, 0.29) is 12.5 Å². The molecule has 21 heavy (non-hydrogen) atoms. The number of ether oxygens (including phenoxy) is 1. The van der Waals surface area contributed by atoms with Crippen LogP contribution in [0.4, 0.5) is 17.1 Å². The van der Waals surface area contributed by atoms with Crippen LogP contribution in [0.5, 0.6) is 5.75 Å². The van der Waals surface area contributed by atoms with E-state index < -0.39 is 0 Å². The van der Waals surface area contributed by atoms with E-state index >= 15 is 0 Å². The Balaban J connectivity index is 1.69. The molecule has 0 radical (unpaired) electrons. The lowest BCUT2D eigenvalue weighted by Crippen LogP contribution is -2.33. The van der Waals surface area contributed by atoms with E-state index in [1.807, 2.05) is 6.07 Å². The van der Waals surface area contributed by atoms with Gasteiger partial charge in [0.1, 0.15) is 5.75 Å². The minimum atomic E-state index is -0.136. The van der Waals surface area contributed by atoms with Crippen LogP contribution in [0.15, 0.2) is 12.1 Å². The van der Waals surface area contributed by atoms with Gasteiger partial charge in [-0.3, -0.25) is 4.79 Å². The van der Waals surface area contributed by atoms with Crippen LogP contribution in [-0.2, 0) is 4.79 Å². The predicted octanol–water partition coefficient (Wildman–Crippen LogP) is 1.50. The van der Waals surface area contributed by atoms with Crippen molar-refractivity contribution in [3.63, 3.8) is 0 Å². The van der Waals surface area contributed by atoms with Crippen LogP contribution >= 0.6 is 0 Å². The van der Waals surface area contributed by atoms with Crippen molar-refractivity contribution in [1.82, 2.24) is 4.90 Å². The van der Waals surface area contributed by atoms with Crippen molar-refractivity contribution < 1.29 is 9.53 Å². The number of carbonyl (C=O) groups is 1. The molecule has 114 valence electrons. The van der Waals surface area contributed by atoms with Gasteiger partial charge < -0.3 is 26.0 Å². The summed E-state index contributed by atoms with van der Waals surface area (Å²) >= 11 is 0. The van der Waals surface area contributed by atoms with Crippen LogP contribution in [0.25, 0.3) is 0 Å². The van der Waals surface area contributed by atoms with Crippen LogP contribution in [0, 0.1) is 0 Å². The number of hydrogen-bond acceptors (Lipinski definition) is 5. The molecule has 4 N–H and O–H groups in total. The number of nitrogens with two attached hydrogens (primary N) is 1. The number of likely N-dealkylation sites (tertiary alicyclic amines) is 1. The van der Waals surface area contributed by atoms with Gasteiger partial charge in [-0.15, -0.1) is 0 Å². The first-order valence-electron chi connectivity index (χ1n) is 7.47. The fourth-order valence-corrected chi connectivity index (χ4v) is 2.93. The lowest BCUT2D eigenvalue weighted by atomic mass is 10.2. The summed E-state index contributed by atoms with van der Waals surface area (Å²) in [5, 5.41) is 6.23. The van der Waals surface area contributed by atoms with E-state index in [2.05, 4.69) is 22.5 Å². The number of carbonyl (C=O) groups excluding carboxylic acids is 1. The third-order valence-electron chi connectivity index (χ3n) is 3.92. The molecule has 3 rings (SSSR count). The van der Waals surface area contributed by atoms with Gasteiger partial charge in [0.25, 0.3) is 5.91 Å². The number of nitrogens with zero attached hydrogens (tertiary/aromatic N) is 1. The molecule has 1 aromatic carbocycles. The number of fused-ring (bicyclic) bond motifs is 1. The molecule has 1 fully saturated rings. The highest BCUT2D eigenvalue weighted by atomic mass is 16.5. The number of anilines is 3. The van der Waals surface area contributed by atoms with Gasteiger partial charge in [-0.2, -0.15) is 0 Å². The molecule has 2 aliphatic rings. The van der Waals surface area contributed by atoms with Gasteiger partial charge in [-0.25, -0.2) is 0 Å². The number of rotatable bonds is 4. The average molecular weight is 290 g/mol. The summed E-state index contributed by atoms with van der Waals surface area (Å²) in [7, 11) is 0. The largest absolute Gasteiger partial charge is 0.482 e. The predicted molar refractivity (Wildman–Crippen MR) is 83.7 cm³/mol. The van der Waals surface area contributed by atoms with E-state index in [1.54, 1.807) is 6.07 Å². The molecule has 1 aromatic rings. The Kier molecular flexibility index (Phi) is 3.88. The van der Waals surface area contributed by atoms with Crippen LogP contribution in [0.2, 0.25) is 0 Å². The molecule has 0 aliphatic carbocycles. The average Bonchev–Trinajstić information content (AvgIpc) is 2.93. The van der Waals surface area contributed by atoms with Crippen LogP contribution in [0.3, 0.4) is 0 Å². The third-order valence-corrected chi connectivity index (χ3v) is 3.92. The van der Waals surface area contributed by atoms with Gasteiger partial charge >= 0.3 is 0 Å². The van der Waals surface area contributed by atoms with Crippen LogP contribution in [-0.4, -0.2) is 43.1 Å². The summed E-state index contributed by atoms with van der Waals surface area (Å²) in [6, 6.07) is 3.91. The molecule has 1 unspecified atom stereocenters. The van der Waals surface area contributed by atoms with Crippen molar-refractivity contribution >= 4 is 23.0 Å². The van der Waals surface area contributed by atoms with E-state index in [4.69, 9.17) is 10.5 Å². The summed E-state index contributed by atoms with van der Waals surface area (Å²) in [5.41, 5.74) is 8.22. The molecule has 2 heterocycles. The summed E-state index contributed by atoms with van der Waals surface area (Å²) in [6.45, 7) is 5.54. The molecule has 0 bridgehead atoms. The monoisotopic (exact) mass is 290 g/mol. The molecule has 0 aromatic heterocycles. The van der Waals surface area contributed by atoms with E-state index in [0.29, 0.717) is 23.2 Å². The molecule has 6 heteroatoms. The number of benzene rings is 1. The fraction of sp³-hybridized carbons (Fsp3) is 0.533. The van der Waals surface area contributed by atoms with Crippen molar-refractivity contribution in [3.8, 4) is 5.75 Å². The zero-order valence-corrected chi connectivity index (χ0v) is 12.3. The van der Waals surface area contributed by atoms with Gasteiger partial charge in [0.2, 0.25) is 0 Å². The first-order valence-corrected chi connectivity index (χ1v) is 7.47. The van der Waals surface area contributed by atoms with Crippen molar-refractivity contribution in [3.05, 3.63) is 12.1 Å². The maximum absolute atomic E-state index is 11.4. The lowest BCUT2D eigenvalue weighted by Gasteiger charge is -2.24. The molecule has 1 atom stereocenters. The van der Waals surface area contributed by atoms with Gasteiger partial charge in [0.05, 0.1) is 17.1 Å². The second kappa shape index (κ2) is 5.81. The zero-order chi connectivity index (χ0) is 14.8. The number of nitrogen functional groups attached to an aromatic ring is 1. The second-order valence-corrected chi connectivity index (χ2v) is 5.83. The Morgan fingerprint density at radius 2 is 2.19 bits per heavy atom. The van der Waals surface area contributed by atoms with E-state index in [1.165, 1.54) is 25.9 Å². The molecule has 2 aliphatic heterocycles. The van der Waals surface area contributed by atoms with Gasteiger partial charge in [-0.05, 0) is 38.9 Å². The summed E-state index contributed by atoms with van der Waals surface area (Å²) in [4.78, 5) is 13.8. The maximum Gasteiger partial charge on any atom is 0.262 e. The highest BCUT2D eigenvalue weighted by Gasteiger charge is 2.19. The van der Waals surface area contributed by atoms with Crippen LogP contribution in [0.1, 0.15) is 19.8 Å². The van der Waals surface area contributed by atoms with Crippen molar-refractivity contribution in [1.29, 1.82) is 0 Å².